The van der Waals surface area contributed by atoms with Crippen molar-refractivity contribution in [1.29, 1.82) is 0 Å². The zero-order valence-corrected chi connectivity index (χ0v) is 15.2. The minimum absolute atomic E-state index is 0.379. The number of fused-ring (bicyclic) bond motifs is 2. The van der Waals surface area contributed by atoms with Crippen LogP contribution in [0.4, 0.5) is 0 Å². The molecular weight excluding hydrogens is 318 g/mol. The predicted molar refractivity (Wildman–Crippen MR) is 99.5 cm³/mol. The van der Waals surface area contributed by atoms with Gasteiger partial charge in [-0.25, -0.2) is 0 Å². The molecule has 1 heterocycles. The Hall–Kier alpha value is -1.51. The minimum Gasteiger partial charge on any atom is -0.495 e. The summed E-state index contributed by atoms with van der Waals surface area (Å²) in [6.07, 6.45) is 4.79. The van der Waals surface area contributed by atoms with Crippen LogP contribution in [0.25, 0.3) is 0 Å². The van der Waals surface area contributed by atoms with Crippen LogP contribution in [-0.4, -0.2) is 32.1 Å². The number of benzene rings is 2. The van der Waals surface area contributed by atoms with Gasteiger partial charge in [0.25, 0.3) is 0 Å². The van der Waals surface area contributed by atoms with E-state index in [2.05, 4.69) is 42.3 Å². The minimum atomic E-state index is 0.379. The summed E-state index contributed by atoms with van der Waals surface area (Å²) < 4.78 is 5.49. The number of methoxy groups -OCH3 is 1. The molecule has 1 aliphatic carbocycles. The molecule has 0 N–H and O–H groups in total. The Bertz CT molecular complexity index is 771. The number of halogens is 1. The van der Waals surface area contributed by atoms with E-state index in [0.29, 0.717) is 10.9 Å². The lowest BCUT2D eigenvalue weighted by Gasteiger charge is -2.23. The Kier molecular flexibility index (Phi) is 4.28. The molecule has 2 aromatic carbocycles. The van der Waals surface area contributed by atoms with Crippen molar-refractivity contribution in [2.75, 3.05) is 27.2 Å². The molecule has 2 aromatic rings. The van der Waals surface area contributed by atoms with E-state index in [4.69, 9.17) is 16.3 Å². The molecule has 1 aliphatic heterocycles. The predicted octanol–water partition coefficient (Wildman–Crippen LogP) is 4.46. The number of hydrogen-bond donors (Lipinski definition) is 0. The van der Waals surface area contributed by atoms with Crippen LogP contribution in [0.1, 0.15) is 40.2 Å². The summed E-state index contributed by atoms with van der Waals surface area (Å²) in [4.78, 5) is 2.43. The molecule has 3 heteroatoms. The summed E-state index contributed by atoms with van der Waals surface area (Å²) in [7, 11) is 3.91. The molecule has 1 unspecified atom stereocenters. The van der Waals surface area contributed by atoms with Gasteiger partial charge in [-0.2, -0.15) is 0 Å². The molecule has 2 nitrogen and oxygen atoms in total. The summed E-state index contributed by atoms with van der Waals surface area (Å²) in [5.74, 6) is 1.16. The van der Waals surface area contributed by atoms with Crippen LogP contribution in [0.5, 0.6) is 5.75 Å². The van der Waals surface area contributed by atoms with Crippen molar-refractivity contribution in [3.8, 4) is 5.75 Å². The topological polar surface area (TPSA) is 12.5 Å². The largest absolute Gasteiger partial charge is 0.495 e. The second-order valence-electron chi connectivity index (χ2n) is 7.13. The second kappa shape index (κ2) is 6.42. The molecule has 4 rings (SSSR count). The van der Waals surface area contributed by atoms with E-state index in [1.807, 2.05) is 0 Å². The van der Waals surface area contributed by atoms with E-state index >= 15 is 0 Å². The average molecular weight is 342 g/mol. The molecule has 0 amide bonds. The highest BCUT2D eigenvalue weighted by atomic mass is 35.5. The van der Waals surface area contributed by atoms with Crippen molar-refractivity contribution in [3.63, 3.8) is 0 Å². The maximum absolute atomic E-state index is 6.38. The van der Waals surface area contributed by atoms with Gasteiger partial charge >= 0.3 is 0 Å². The van der Waals surface area contributed by atoms with Gasteiger partial charge in [0.15, 0.2) is 0 Å². The third-order valence-electron chi connectivity index (χ3n) is 5.57. The summed E-state index contributed by atoms with van der Waals surface area (Å²) in [6.45, 7) is 2.10. The maximum atomic E-state index is 6.38. The Morgan fingerprint density at radius 3 is 2.71 bits per heavy atom. The van der Waals surface area contributed by atoms with Crippen LogP contribution in [0.3, 0.4) is 0 Å². The molecule has 0 aromatic heterocycles. The molecule has 0 fully saturated rings. The Balaban J connectivity index is 1.82. The zero-order valence-electron chi connectivity index (χ0n) is 14.4. The van der Waals surface area contributed by atoms with Gasteiger partial charge in [-0.05, 0) is 72.7 Å². The molecule has 24 heavy (non-hydrogen) atoms. The van der Waals surface area contributed by atoms with Gasteiger partial charge in [-0.3, -0.25) is 0 Å². The number of rotatable bonds is 2. The fraction of sp³-hybridized carbons (Fsp3) is 0.429. The fourth-order valence-corrected chi connectivity index (χ4v) is 4.48. The standard InChI is InChI=1S/C21H24ClNO/c1-23-9-8-17-11-20(22)21(24-2)12-18(17)19(13-23)16-7-6-14-4-3-5-15(14)10-16/h6-7,10-12,19H,3-5,8-9,13H2,1-2H3. The lowest BCUT2D eigenvalue weighted by molar-refractivity contribution is 0.338. The van der Waals surface area contributed by atoms with Crippen LogP contribution in [0.15, 0.2) is 30.3 Å². The van der Waals surface area contributed by atoms with E-state index in [1.165, 1.54) is 41.5 Å². The van der Waals surface area contributed by atoms with E-state index in [1.54, 1.807) is 12.7 Å². The summed E-state index contributed by atoms with van der Waals surface area (Å²) in [5, 5.41) is 0.716. The van der Waals surface area contributed by atoms with Gasteiger partial charge in [-0.1, -0.05) is 29.8 Å². The maximum Gasteiger partial charge on any atom is 0.137 e. The molecule has 0 spiro atoms. The number of hydrogen-bond acceptors (Lipinski definition) is 2. The van der Waals surface area contributed by atoms with Crippen molar-refractivity contribution in [1.82, 2.24) is 4.90 Å². The van der Waals surface area contributed by atoms with Crippen molar-refractivity contribution in [3.05, 3.63) is 63.2 Å². The summed E-state index contributed by atoms with van der Waals surface area (Å²) in [6, 6.07) is 11.4. The Morgan fingerprint density at radius 2 is 1.88 bits per heavy atom. The lowest BCUT2D eigenvalue weighted by Crippen LogP contribution is -2.24. The third-order valence-corrected chi connectivity index (χ3v) is 5.87. The van der Waals surface area contributed by atoms with Crippen molar-refractivity contribution in [2.45, 2.75) is 31.6 Å². The first-order valence-electron chi connectivity index (χ1n) is 8.82. The summed E-state index contributed by atoms with van der Waals surface area (Å²) >= 11 is 6.38. The molecule has 0 bridgehead atoms. The molecule has 1 atom stereocenters. The third kappa shape index (κ3) is 2.82. The quantitative estimate of drug-likeness (QED) is 0.799. The van der Waals surface area contributed by atoms with E-state index in [-0.39, 0.29) is 0 Å². The molecule has 0 saturated carbocycles. The van der Waals surface area contributed by atoms with Gasteiger partial charge in [-0.15, -0.1) is 0 Å². The second-order valence-corrected chi connectivity index (χ2v) is 7.54. The number of ether oxygens (including phenoxy) is 1. The Morgan fingerprint density at radius 1 is 1.04 bits per heavy atom. The monoisotopic (exact) mass is 341 g/mol. The van der Waals surface area contributed by atoms with E-state index in [9.17, 15) is 0 Å². The fourth-order valence-electron chi connectivity index (χ4n) is 4.21. The van der Waals surface area contributed by atoms with Gasteiger partial charge < -0.3 is 9.64 Å². The average Bonchev–Trinajstić information content (AvgIpc) is 2.99. The highest BCUT2D eigenvalue weighted by Gasteiger charge is 2.25. The molecule has 0 radical (unpaired) electrons. The number of likely N-dealkylation sites (N-methyl/N-ethyl adjacent to an activating group) is 1. The van der Waals surface area contributed by atoms with Gasteiger partial charge in [0.1, 0.15) is 5.75 Å². The van der Waals surface area contributed by atoms with Crippen molar-refractivity contribution in [2.24, 2.45) is 0 Å². The SMILES string of the molecule is COc1cc2c(cc1Cl)CCN(C)CC2c1ccc2c(c1)CCC2. The normalized spacial score (nSPS) is 20.4. The van der Waals surface area contributed by atoms with E-state index < -0.39 is 0 Å². The number of aryl methyl sites for hydroxylation is 2. The van der Waals surface area contributed by atoms with Crippen molar-refractivity contribution < 1.29 is 4.74 Å². The molecule has 126 valence electrons. The summed E-state index contributed by atoms with van der Waals surface area (Å²) in [5.41, 5.74) is 7.24. The molecular formula is C21H24ClNO. The van der Waals surface area contributed by atoms with Crippen molar-refractivity contribution >= 4 is 11.6 Å². The van der Waals surface area contributed by atoms with Crippen LogP contribution in [0.2, 0.25) is 5.02 Å². The van der Waals surface area contributed by atoms with Crippen LogP contribution < -0.4 is 4.74 Å². The smallest absolute Gasteiger partial charge is 0.137 e. The van der Waals surface area contributed by atoms with Crippen LogP contribution >= 0.6 is 11.6 Å². The first-order chi connectivity index (χ1) is 11.7. The van der Waals surface area contributed by atoms with Gasteiger partial charge in [0, 0.05) is 19.0 Å². The Labute approximate surface area is 149 Å². The molecule has 0 saturated heterocycles. The van der Waals surface area contributed by atoms with Gasteiger partial charge in [0.05, 0.1) is 12.1 Å². The van der Waals surface area contributed by atoms with Gasteiger partial charge in [0.2, 0.25) is 0 Å². The van der Waals surface area contributed by atoms with Crippen LogP contribution in [-0.2, 0) is 19.3 Å². The van der Waals surface area contributed by atoms with Crippen LogP contribution in [0, 0.1) is 0 Å². The highest BCUT2D eigenvalue weighted by molar-refractivity contribution is 6.32. The first-order valence-corrected chi connectivity index (χ1v) is 9.20. The highest BCUT2D eigenvalue weighted by Crippen LogP contribution is 2.38. The number of nitrogens with zero attached hydrogens (tertiary/aromatic N) is 1. The lowest BCUT2D eigenvalue weighted by atomic mass is 9.86. The molecule has 2 aliphatic rings. The van der Waals surface area contributed by atoms with E-state index in [0.717, 1.165) is 25.3 Å². The zero-order chi connectivity index (χ0) is 16.7. The first kappa shape index (κ1) is 16.0.